The maximum absolute atomic E-state index is 12.6. The zero-order valence-electron chi connectivity index (χ0n) is 16.3. The number of amides is 1. The normalized spacial score (nSPS) is 15.4. The summed E-state index contributed by atoms with van der Waals surface area (Å²) in [7, 11) is 0. The molecule has 1 fully saturated rings. The Morgan fingerprint density at radius 3 is 2.41 bits per heavy atom. The quantitative estimate of drug-likeness (QED) is 0.805. The Balaban J connectivity index is 1.71. The number of nitrogens with one attached hydrogen (secondary N) is 1. The van der Waals surface area contributed by atoms with Crippen molar-refractivity contribution >= 4 is 17.6 Å². The molecular weight excluding hydrogens is 342 g/mol. The molecule has 27 heavy (non-hydrogen) atoms. The number of carbonyl (C=O) groups is 2. The van der Waals surface area contributed by atoms with Gasteiger partial charge in [-0.1, -0.05) is 19.1 Å². The number of aliphatic carboxylic acids is 1. The first kappa shape index (κ1) is 19.1. The molecule has 0 bridgehead atoms. The number of carboxylic acid groups (broad SMARTS) is 1. The Kier molecular flexibility index (Phi) is 5.09. The third-order valence-electron chi connectivity index (χ3n) is 4.78. The van der Waals surface area contributed by atoms with Gasteiger partial charge in [0.25, 0.3) is 5.91 Å². The lowest BCUT2D eigenvalue weighted by Gasteiger charge is -2.22. The topological polar surface area (TPSA) is 84.2 Å². The zero-order valence-corrected chi connectivity index (χ0v) is 16.3. The van der Waals surface area contributed by atoms with Crippen LogP contribution in [0.3, 0.4) is 0 Å². The van der Waals surface area contributed by atoms with Gasteiger partial charge in [-0.15, -0.1) is 0 Å². The maximum Gasteiger partial charge on any atom is 0.306 e. The number of nitrogens with zero attached hydrogens (tertiary/aromatic N) is 2. The standard InChI is InChI=1S/C21H27N3O3/c1-13(20(26)27)11-14-5-9-16(10-6-14)22-19(25)17-12-18(15-7-8-15)24(23-17)21(2,3)4/h5-6,9-10,12-13,15H,7-8,11H2,1-4H3,(H,22,25)(H,26,27). The van der Waals surface area contributed by atoms with Crippen molar-refractivity contribution < 1.29 is 14.7 Å². The highest BCUT2D eigenvalue weighted by Gasteiger charge is 2.32. The van der Waals surface area contributed by atoms with Gasteiger partial charge in [0, 0.05) is 17.3 Å². The highest BCUT2D eigenvalue weighted by Crippen LogP contribution is 2.41. The van der Waals surface area contributed by atoms with Gasteiger partial charge < -0.3 is 10.4 Å². The first-order chi connectivity index (χ1) is 12.6. The van der Waals surface area contributed by atoms with Gasteiger partial charge >= 0.3 is 5.97 Å². The monoisotopic (exact) mass is 369 g/mol. The van der Waals surface area contributed by atoms with Gasteiger partial charge in [0.1, 0.15) is 0 Å². The number of benzene rings is 1. The van der Waals surface area contributed by atoms with Crippen molar-refractivity contribution in [3.8, 4) is 0 Å². The molecule has 1 unspecified atom stereocenters. The molecule has 1 amide bonds. The van der Waals surface area contributed by atoms with Crippen LogP contribution in [0.2, 0.25) is 0 Å². The summed E-state index contributed by atoms with van der Waals surface area (Å²) in [4.78, 5) is 23.6. The van der Waals surface area contributed by atoms with E-state index in [1.54, 1.807) is 19.1 Å². The second kappa shape index (κ2) is 7.18. The van der Waals surface area contributed by atoms with Gasteiger partial charge in [-0.3, -0.25) is 14.3 Å². The van der Waals surface area contributed by atoms with Crippen LogP contribution < -0.4 is 5.32 Å². The zero-order chi connectivity index (χ0) is 19.8. The van der Waals surface area contributed by atoms with E-state index >= 15 is 0 Å². The van der Waals surface area contributed by atoms with E-state index in [-0.39, 0.29) is 11.4 Å². The molecule has 0 spiro atoms. The van der Waals surface area contributed by atoms with Crippen molar-refractivity contribution in [1.29, 1.82) is 0 Å². The van der Waals surface area contributed by atoms with Crippen LogP contribution in [0.25, 0.3) is 0 Å². The summed E-state index contributed by atoms with van der Waals surface area (Å²) in [6.45, 7) is 7.94. The molecule has 1 aromatic carbocycles. The van der Waals surface area contributed by atoms with Crippen LogP contribution in [0.1, 0.15) is 68.2 Å². The maximum atomic E-state index is 12.6. The molecule has 2 N–H and O–H groups in total. The third kappa shape index (κ3) is 4.56. The number of anilines is 1. The summed E-state index contributed by atoms with van der Waals surface area (Å²) >= 11 is 0. The van der Waals surface area contributed by atoms with Crippen molar-refractivity contribution in [1.82, 2.24) is 9.78 Å². The number of hydrogen-bond acceptors (Lipinski definition) is 3. The molecular formula is C21H27N3O3. The number of carbonyl (C=O) groups excluding carboxylic acids is 1. The first-order valence-corrected chi connectivity index (χ1v) is 9.38. The van der Waals surface area contributed by atoms with Gasteiger partial charge in [-0.2, -0.15) is 5.10 Å². The first-order valence-electron chi connectivity index (χ1n) is 9.38. The van der Waals surface area contributed by atoms with Crippen molar-refractivity contribution in [3.05, 3.63) is 47.3 Å². The van der Waals surface area contributed by atoms with Crippen molar-refractivity contribution in [3.63, 3.8) is 0 Å². The Morgan fingerprint density at radius 2 is 1.89 bits per heavy atom. The molecule has 1 aromatic heterocycles. The van der Waals surface area contributed by atoms with Crippen LogP contribution in [0.5, 0.6) is 0 Å². The van der Waals surface area contributed by atoms with E-state index in [1.165, 1.54) is 0 Å². The minimum Gasteiger partial charge on any atom is -0.481 e. The molecule has 0 saturated heterocycles. The van der Waals surface area contributed by atoms with Crippen molar-refractivity contribution in [2.45, 2.75) is 58.4 Å². The van der Waals surface area contributed by atoms with E-state index in [2.05, 4.69) is 31.2 Å². The molecule has 6 heteroatoms. The number of carboxylic acids is 1. The SMILES string of the molecule is CC(Cc1ccc(NC(=O)c2cc(C3CC3)n(C(C)(C)C)n2)cc1)C(=O)O. The van der Waals surface area contributed by atoms with Crippen LogP contribution in [0.15, 0.2) is 30.3 Å². The van der Waals surface area contributed by atoms with E-state index in [4.69, 9.17) is 5.11 Å². The molecule has 1 saturated carbocycles. The third-order valence-corrected chi connectivity index (χ3v) is 4.78. The number of rotatable bonds is 6. The predicted octanol–water partition coefficient (Wildman–Crippen LogP) is 4.03. The average molecular weight is 369 g/mol. The van der Waals surface area contributed by atoms with Crippen LogP contribution in [0, 0.1) is 5.92 Å². The van der Waals surface area contributed by atoms with Crippen LogP contribution in [-0.2, 0) is 16.8 Å². The highest BCUT2D eigenvalue weighted by molar-refractivity contribution is 6.03. The van der Waals surface area contributed by atoms with Crippen LogP contribution >= 0.6 is 0 Å². The molecule has 2 aromatic rings. The van der Waals surface area contributed by atoms with E-state index in [0.29, 0.717) is 23.7 Å². The second-order valence-electron chi connectivity index (χ2n) is 8.41. The molecule has 0 radical (unpaired) electrons. The Labute approximate surface area is 159 Å². The van der Waals surface area contributed by atoms with E-state index in [1.807, 2.05) is 22.9 Å². The molecule has 3 rings (SSSR count). The fourth-order valence-electron chi connectivity index (χ4n) is 3.07. The van der Waals surface area contributed by atoms with Crippen molar-refractivity contribution in [2.24, 2.45) is 5.92 Å². The Morgan fingerprint density at radius 1 is 1.26 bits per heavy atom. The number of aromatic nitrogens is 2. The summed E-state index contributed by atoms with van der Waals surface area (Å²) in [6, 6.07) is 9.19. The largest absolute Gasteiger partial charge is 0.481 e. The Hall–Kier alpha value is -2.63. The van der Waals surface area contributed by atoms with Gasteiger partial charge in [0.05, 0.1) is 11.5 Å². The fraction of sp³-hybridized carbons (Fsp3) is 0.476. The van der Waals surface area contributed by atoms with Gasteiger partial charge in [-0.25, -0.2) is 0 Å². The summed E-state index contributed by atoms with van der Waals surface area (Å²) in [6.07, 6.45) is 2.77. The molecule has 144 valence electrons. The lowest BCUT2D eigenvalue weighted by atomic mass is 10.0. The molecule has 1 aliphatic carbocycles. The summed E-state index contributed by atoms with van der Waals surface area (Å²) in [5, 5.41) is 16.4. The molecule has 1 atom stereocenters. The number of hydrogen-bond donors (Lipinski definition) is 2. The molecule has 1 aliphatic rings. The van der Waals surface area contributed by atoms with Gasteiger partial charge in [0.15, 0.2) is 5.69 Å². The molecule has 6 nitrogen and oxygen atoms in total. The van der Waals surface area contributed by atoms with Gasteiger partial charge in [0.2, 0.25) is 0 Å². The smallest absolute Gasteiger partial charge is 0.306 e. The highest BCUT2D eigenvalue weighted by atomic mass is 16.4. The minimum atomic E-state index is -0.812. The predicted molar refractivity (Wildman–Crippen MR) is 104 cm³/mol. The van der Waals surface area contributed by atoms with E-state index in [9.17, 15) is 9.59 Å². The van der Waals surface area contributed by atoms with Gasteiger partial charge in [-0.05, 0) is 63.8 Å². The average Bonchev–Trinajstić information content (AvgIpc) is 3.33. The Bertz CT molecular complexity index is 843. The van der Waals surface area contributed by atoms with Crippen LogP contribution in [-0.4, -0.2) is 26.8 Å². The van der Waals surface area contributed by atoms with E-state index < -0.39 is 11.9 Å². The van der Waals surface area contributed by atoms with Crippen molar-refractivity contribution in [2.75, 3.05) is 5.32 Å². The second-order valence-corrected chi connectivity index (χ2v) is 8.41. The van der Waals surface area contributed by atoms with E-state index in [0.717, 1.165) is 24.1 Å². The minimum absolute atomic E-state index is 0.168. The molecule has 0 aliphatic heterocycles. The lowest BCUT2D eigenvalue weighted by molar-refractivity contribution is -0.141. The summed E-state index contributed by atoms with van der Waals surface area (Å²) in [5.74, 6) is -0.971. The van der Waals surface area contributed by atoms with Crippen LogP contribution in [0.4, 0.5) is 5.69 Å². The summed E-state index contributed by atoms with van der Waals surface area (Å²) in [5.41, 5.74) is 2.99. The fourth-order valence-corrected chi connectivity index (χ4v) is 3.07. The lowest BCUT2D eigenvalue weighted by Crippen LogP contribution is -2.25. The summed E-state index contributed by atoms with van der Waals surface area (Å²) < 4.78 is 1.97. The molecule has 1 heterocycles.